The first kappa shape index (κ1) is 13.1. The summed E-state index contributed by atoms with van der Waals surface area (Å²) in [7, 11) is 0. The maximum absolute atomic E-state index is 12.2. The molecule has 2 saturated carbocycles. The highest BCUT2D eigenvalue weighted by atomic mass is 16.2. The molecule has 1 N–H and O–H groups in total. The first-order chi connectivity index (χ1) is 8.61. The molecular weight excluding hydrogens is 228 g/mol. The number of nitrogens with zero attached hydrogens (tertiary/aromatic N) is 1. The molecule has 0 saturated heterocycles. The van der Waals surface area contributed by atoms with Gasteiger partial charge in [-0.05, 0) is 39.0 Å². The molecule has 0 heterocycles. The zero-order valence-corrected chi connectivity index (χ0v) is 11.2. The molecule has 2 aliphatic rings. The summed E-state index contributed by atoms with van der Waals surface area (Å²) in [6.07, 6.45) is 7.00. The fourth-order valence-electron chi connectivity index (χ4n) is 2.03. The SMILES string of the molecule is CCC=C(C)C(=O)N(CC(=O)NC1CC1)C1CC1. The van der Waals surface area contributed by atoms with Crippen LogP contribution in [0.2, 0.25) is 0 Å². The van der Waals surface area contributed by atoms with Gasteiger partial charge in [-0.25, -0.2) is 0 Å². The van der Waals surface area contributed by atoms with Crippen LogP contribution in [0.3, 0.4) is 0 Å². The van der Waals surface area contributed by atoms with Crippen LogP contribution in [0.1, 0.15) is 46.0 Å². The van der Waals surface area contributed by atoms with E-state index in [1.807, 2.05) is 19.9 Å². The van der Waals surface area contributed by atoms with Gasteiger partial charge in [-0.2, -0.15) is 0 Å². The lowest BCUT2D eigenvalue weighted by Crippen LogP contribution is -2.42. The number of amides is 2. The van der Waals surface area contributed by atoms with Gasteiger partial charge in [0.25, 0.3) is 0 Å². The van der Waals surface area contributed by atoms with Crippen LogP contribution in [0, 0.1) is 0 Å². The van der Waals surface area contributed by atoms with Gasteiger partial charge < -0.3 is 10.2 Å². The minimum Gasteiger partial charge on any atom is -0.352 e. The molecule has 4 nitrogen and oxygen atoms in total. The largest absolute Gasteiger partial charge is 0.352 e. The molecule has 0 unspecified atom stereocenters. The lowest BCUT2D eigenvalue weighted by Gasteiger charge is -2.22. The number of nitrogens with one attached hydrogen (secondary N) is 1. The van der Waals surface area contributed by atoms with E-state index in [4.69, 9.17) is 0 Å². The first-order valence-corrected chi connectivity index (χ1v) is 6.89. The third-order valence-corrected chi connectivity index (χ3v) is 3.35. The summed E-state index contributed by atoms with van der Waals surface area (Å²) in [5, 5.41) is 2.94. The Morgan fingerprint density at radius 3 is 2.44 bits per heavy atom. The van der Waals surface area contributed by atoms with Gasteiger partial charge in [-0.15, -0.1) is 0 Å². The standard InChI is InChI=1S/C14H22N2O2/c1-3-4-10(2)14(18)16(12-7-8-12)9-13(17)15-11-5-6-11/h4,11-12H,3,5-9H2,1-2H3,(H,15,17). The van der Waals surface area contributed by atoms with Crippen LogP contribution in [-0.2, 0) is 9.59 Å². The molecule has 18 heavy (non-hydrogen) atoms. The Labute approximate surface area is 108 Å². The molecule has 2 amide bonds. The molecule has 0 atom stereocenters. The van der Waals surface area contributed by atoms with Crippen molar-refractivity contribution in [1.82, 2.24) is 10.2 Å². The molecule has 0 radical (unpaired) electrons. The molecular formula is C14H22N2O2. The van der Waals surface area contributed by atoms with Gasteiger partial charge in [0, 0.05) is 17.7 Å². The van der Waals surface area contributed by atoms with E-state index in [-0.39, 0.29) is 24.4 Å². The summed E-state index contributed by atoms with van der Waals surface area (Å²) >= 11 is 0. The molecule has 0 aromatic rings. The lowest BCUT2D eigenvalue weighted by atomic mass is 10.2. The van der Waals surface area contributed by atoms with Crippen molar-refractivity contribution >= 4 is 11.8 Å². The average molecular weight is 250 g/mol. The normalized spacial score (nSPS) is 19.6. The molecule has 0 aromatic heterocycles. The Kier molecular flexibility index (Phi) is 4.04. The van der Waals surface area contributed by atoms with Gasteiger partial charge in [0.2, 0.25) is 11.8 Å². The van der Waals surface area contributed by atoms with Gasteiger partial charge in [0.05, 0.1) is 0 Å². The first-order valence-electron chi connectivity index (χ1n) is 6.89. The van der Waals surface area contributed by atoms with Crippen molar-refractivity contribution < 1.29 is 9.59 Å². The van der Waals surface area contributed by atoms with Crippen molar-refractivity contribution in [2.75, 3.05) is 6.54 Å². The smallest absolute Gasteiger partial charge is 0.249 e. The van der Waals surface area contributed by atoms with Gasteiger partial charge in [0.15, 0.2) is 0 Å². The summed E-state index contributed by atoms with van der Waals surface area (Å²) in [5.41, 5.74) is 0.753. The number of carbonyl (C=O) groups is 2. The van der Waals surface area contributed by atoms with Gasteiger partial charge >= 0.3 is 0 Å². The van der Waals surface area contributed by atoms with Crippen LogP contribution in [0.25, 0.3) is 0 Å². The molecule has 4 heteroatoms. The highest BCUT2D eigenvalue weighted by Crippen LogP contribution is 2.28. The maximum atomic E-state index is 12.2. The Balaban J connectivity index is 1.92. The second-order valence-corrected chi connectivity index (χ2v) is 5.30. The van der Waals surface area contributed by atoms with E-state index in [1.165, 1.54) is 0 Å². The van der Waals surface area contributed by atoms with E-state index in [9.17, 15) is 9.59 Å². The maximum Gasteiger partial charge on any atom is 0.249 e. The molecule has 2 rings (SSSR count). The van der Waals surface area contributed by atoms with Crippen molar-refractivity contribution in [2.24, 2.45) is 0 Å². The van der Waals surface area contributed by atoms with Crippen LogP contribution in [-0.4, -0.2) is 35.3 Å². The predicted octanol–water partition coefficient (Wildman–Crippen LogP) is 1.61. The molecule has 0 bridgehead atoms. The topological polar surface area (TPSA) is 49.4 Å². The fourth-order valence-corrected chi connectivity index (χ4v) is 2.03. The summed E-state index contributed by atoms with van der Waals surface area (Å²) in [4.78, 5) is 25.8. The van der Waals surface area contributed by atoms with E-state index in [0.717, 1.165) is 37.7 Å². The van der Waals surface area contributed by atoms with Crippen LogP contribution in [0.15, 0.2) is 11.6 Å². The minimum atomic E-state index is -0.0120. The van der Waals surface area contributed by atoms with E-state index in [0.29, 0.717) is 6.04 Å². The molecule has 0 spiro atoms. The van der Waals surface area contributed by atoms with E-state index < -0.39 is 0 Å². The van der Waals surface area contributed by atoms with Crippen molar-refractivity contribution in [3.05, 3.63) is 11.6 Å². The zero-order chi connectivity index (χ0) is 13.1. The quantitative estimate of drug-likeness (QED) is 0.728. The number of carbonyl (C=O) groups excluding carboxylic acids is 2. The van der Waals surface area contributed by atoms with Crippen LogP contribution in [0.5, 0.6) is 0 Å². The third kappa shape index (κ3) is 3.59. The Morgan fingerprint density at radius 1 is 1.28 bits per heavy atom. The van der Waals surface area contributed by atoms with Crippen molar-refractivity contribution in [3.8, 4) is 0 Å². The van der Waals surface area contributed by atoms with Gasteiger partial charge in [0.1, 0.15) is 6.54 Å². The van der Waals surface area contributed by atoms with Gasteiger partial charge in [-0.1, -0.05) is 13.0 Å². The van der Waals surface area contributed by atoms with Crippen LogP contribution < -0.4 is 5.32 Å². The zero-order valence-electron chi connectivity index (χ0n) is 11.2. The van der Waals surface area contributed by atoms with Crippen LogP contribution in [0.4, 0.5) is 0 Å². The number of hydrogen-bond donors (Lipinski definition) is 1. The molecule has 0 aliphatic heterocycles. The summed E-state index contributed by atoms with van der Waals surface area (Å²) < 4.78 is 0. The summed E-state index contributed by atoms with van der Waals surface area (Å²) in [5.74, 6) is 0.00680. The fraction of sp³-hybridized carbons (Fsp3) is 0.714. The van der Waals surface area contributed by atoms with Crippen molar-refractivity contribution in [2.45, 2.75) is 58.0 Å². The summed E-state index contributed by atoms with van der Waals surface area (Å²) in [6, 6.07) is 0.642. The van der Waals surface area contributed by atoms with E-state index in [2.05, 4.69) is 5.32 Å². The average Bonchev–Trinajstić information content (AvgIpc) is 3.17. The summed E-state index contributed by atoms with van der Waals surface area (Å²) in [6.45, 7) is 4.06. The molecule has 2 aliphatic carbocycles. The highest BCUT2D eigenvalue weighted by Gasteiger charge is 2.35. The second kappa shape index (κ2) is 5.55. The lowest BCUT2D eigenvalue weighted by molar-refractivity contribution is -0.133. The molecule has 2 fully saturated rings. The number of allylic oxidation sites excluding steroid dienone is 1. The van der Waals surface area contributed by atoms with Crippen molar-refractivity contribution in [1.29, 1.82) is 0 Å². The van der Waals surface area contributed by atoms with Gasteiger partial charge in [-0.3, -0.25) is 9.59 Å². The second-order valence-electron chi connectivity index (χ2n) is 5.30. The van der Waals surface area contributed by atoms with E-state index >= 15 is 0 Å². The monoisotopic (exact) mass is 250 g/mol. The number of hydrogen-bond acceptors (Lipinski definition) is 2. The molecule has 0 aromatic carbocycles. The van der Waals surface area contributed by atoms with Crippen LogP contribution >= 0.6 is 0 Å². The number of rotatable bonds is 6. The minimum absolute atomic E-state index is 0.0120. The van der Waals surface area contributed by atoms with Crippen molar-refractivity contribution in [3.63, 3.8) is 0 Å². The highest BCUT2D eigenvalue weighted by molar-refractivity contribution is 5.95. The Morgan fingerprint density at radius 2 is 1.94 bits per heavy atom. The Bertz CT molecular complexity index is 368. The third-order valence-electron chi connectivity index (χ3n) is 3.35. The Hall–Kier alpha value is -1.32. The van der Waals surface area contributed by atoms with E-state index in [1.54, 1.807) is 4.90 Å². The molecule has 100 valence electrons. The predicted molar refractivity (Wildman–Crippen MR) is 69.9 cm³/mol.